The smallest absolute Gasteiger partial charge is 0.297 e. The Bertz CT molecular complexity index is 522. The highest BCUT2D eigenvalue weighted by molar-refractivity contribution is 7.90. The van der Waals surface area contributed by atoms with Gasteiger partial charge in [0.1, 0.15) is 16.4 Å². The van der Waals surface area contributed by atoms with Gasteiger partial charge in [-0.15, -0.1) is 0 Å². The summed E-state index contributed by atoms with van der Waals surface area (Å²) >= 11 is 0. The number of Topliss-reactive ketones (excluding diaryl/α,β-unsaturated/α-hetero) is 1. The van der Waals surface area contributed by atoms with E-state index in [2.05, 4.69) is 0 Å². The van der Waals surface area contributed by atoms with Crippen molar-refractivity contribution < 1.29 is 22.9 Å². The zero-order valence-corrected chi connectivity index (χ0v) is 11.0. The minimum Gasteiger partial charge on any atom is -0.507 e. The first-order chi connectivity index (χ1) is 7.48. The molecule has 0 saturated carbocycles. The van der Waals surface area contributed by atoms with E-state index in [4.69, 9.17) is 4.55 Å². The highest BCUT2D eigenvalue weighted by Gasteiger charge is 2.41. The van der Waals surface area contributed by atoms with Crippen LogP contribution in [0.4, 0.5) is 0 Å². The van der Waals surface area contributed by atoms with E-state index in [0.717, 1.165) is 0 Å². The van der Waals surface area contributed by atoms with Crippen molar-refractivity contribution >= 4 is 15.9 Å². The monoisotopic (exact) mass is 260 g/mol. The summed E-state index contributed by atoms with van der Waals surface area (Å²) in [7, 11) is -4.49. The summed E-state index contributed by atoms with van der Waals surface area (Å²) in [6.07, 6.45) is 1.22. The average Bonchev–Trinajstić information content (AvgIpc) is 2.08. The van der Waals surface area contributed by atoms with Crippen molar-refractivity contribution in [2.75, 3.05) is 0 Å². The number of aliphatic hydroxyl groups excluding tert-OH is 1. The maximum absolute atomic E-state index is 11.5. The fourth-order valence-corrected chi connectivity index (χ4v) is 3.26. The molecule has 1 aliphatic carbocycles. The van der Waals surface area contributed by atoms with E-state index in [1.54, 1.807) is 13.8 Å². The predicted molar refractivity (Wildman–Crippen MR) is 62.9 cm³/mol. The van der Waals surface area contributed by atoms with E-state index >= 15 is 0 Å². The van der Waals surface area contributed by atoms with Crippen molar-refractivity contribution in [2.24, 2.45) is 11.3 Å². The molecule has 0 fully saturated rings. The molecule has 0 aromatic heterocycles. The summed E-state index contributed by atoms with van der Waals surface area (Å²) in [4.78, 5) is 11.0. The lowest BCUT2D eigenvalue weighted by atomic mass is 9.70. The third-order valence-electron chi connectivity index (χ3n) is 2.97. The zero-order valence-electron chi connectivity index (χ0n) is 10.2. The maximum atomic E-state index is 11.5. The van der Waals surface area contributed by atoms with Gasteiger partial charge >= 0.3 is 0 Å². The Morgan fingerprint density at radius 2 is 1.88 bits per heavy atom. The summed E-state index contributed by atoms with van der Waals surface area (Å²) in [5, 5.41) is 9.74. The first kappa shape index (κ1) is 13.9. The molecule has 5 nitrogen and oxygen atoms in total. The molecular formula is C11H16O5S. The molecule has 1 atom stereocenters. The summed E-state index contributed by atoms with van der Waals surface area (Å²) in [6, 6.07) is 0. The largest absolute Gasteiger partial charge is 0.507 e. The van der Waals surface area contributed by atoms with E-state index in [1.165, 1.54) is 19.9 Å². The molecule has 1 unspecified atom stereocenters. The van der Waals surface area contributed by atoms with Crippen molar-refractivity contribution in [1.29, 1.82) is 0 Å². The Labute approximate surface area is 101 Å². The second-order valence-corrected chi connectivity index (χ2v) is 6.27. The fourth-order valence-electron chi connectivity index (χ4n) is 2.40. The van der Waals surface area contributed by atoms with E-state index in [9.17, 15) is 18.3 Å². The van der Waals surface area contributed by atoms with Crippen LogP contribution in [0, 0.1) is 11.3 Å². The Morgan fingerprint density at radius 1 is 1.41 bits per heavy atom. The van der Waals surface area contributed by atoms with Gasteiger partial charge in [-0.3, -0.25) is 9.35 Å². The molecule has 0 heterocycles. The Kier molecular flexibility index (Phi) is 3.24. The van der Waals surface area contributed by atoms with Crippen LogP contribution < -0.4 is 0 Å². The summed E-state index contributed by atoms with van der Waals surface area (Å²) in [5.41, 5.74) is -0.509. The fraction of sp³-hybridized carbons (Fsp3) is 0.545. The first-order valence-corrected chi connectivity index (χ1v) is 6.53. The number of carbonyl (C=O) groups is 1. The van der Waals surface area contributed by atoms with Crippen LogP contribution >= 0.6 is 0 Å². The lowest BCUT2D eigenvalue weighted by Gasteiger charge is -2.35. The van der Waals surface area contributed by atoms with E-state index in [1.807, 2.05) is 0 Å². The van der Waals surface area contributed by atoms with Crippen LogP contribution in [0.15, 0.2) is 22.3 Å². The van der Waals surface area contributed by atoms with Crippen molar-refractivity contribution in [3.8, 4) is 0 Å². The molecule has 0 aromatic carbocycles. The van der Waals surface area contributed by atoms with E-state index in [-0.39, 0.29) is 11.4 Å². The number of rotatable bonds is 2. The summed E-state index contributed by atoms with van der Waals surface area (Å²) < 4.78 is 31.2. The molecule has 0 radical (unpaired) electrons. The highest BCUT2D eigenvalue weighted by Crippen LogP contribution is 2.43. The van der Waals surface area contributed by atoms with Crippen molar-refractivity contribution in [3.05, 3.63) is 22.3 Å². The van der Waals surface area contributed by atoms with Gasteiger partial charge in [0.2, 0.25) is 0 Å². The Hall–Kier alpha value is -1.14. The number of carbonyl (C=O) groups excluding carboxylic acids is 1. The molecule has 0 aliphatic heterocycles. The zero-order chi connectivity index (χ0) is 13.6. The summed E-state index contributed by atoms with van der Waals surface area (Å²) in [5.74, 6) is -1.29. The van der Waals surface area contributed by atoms with Gasteiger partial charge in [-0.25, -0.2) is 0 Å². The average molecular weight is 260 g/mol. The van der Waals surface area contributed by atoms with Gasteiger partial charge in [0.15, 0.2) is 0 Å². The van der Waals surface area contributed by atoms with Gasteiger partial charge in [0, 0.05) is 0 Å². The highest BCUT2D eigenvalue weighted by atomic mass is 32.2. The third kappa shape index (κ3) is 2.42. The van der Waals surface area contributed by atoms with Crippen LogP contribution in [0.5, 0.6) is 0 Å². The Morgan fingerprint density at radius 3 is 2.24 bits per heavy atom. The standard InChI is InChI=1S/C11H16O5S/c1-6-9(7(2)12)11(3,4)5-8(10(6)13)17(14,15)16/h5,9,13H,1-4H3,(H,14,15,16). The lowest BCUT2D eigenvalue weighted by molar-refractivity contribution is -0.122. The molecule has 2 N–H and O–H groups in total. The molecule has 96 valence electrons. The van der Waals surface area contributed by atoms with Gasteiger partial charge in [-0.2, -0.15) is 8.42 Å². The number of aliphatic hydroxyl groups is 1. The number of ketones is 1. The van der Waals surface area contributed by atoms with Gasteiger partial charge < -0.3 is 5.11 Å². The molecule has 1 rings (SSSR count). The van der Waals surface area contributed by atoms with Gasteiger partial charge in [0.25, 0.3) is 10.1 Å². The number of hydrogen-bond donors (Lipinski definition) is 2. The van der Waals surface area contributed by atoms with Crippen LogP contribution in [0.25, 0.3) is 0 Å². The molecular weight excluding hydrogens is 244 g/mol. The lowest BCUT2D eigenvalue weighted by Crippen LogP contribution is -2.34. The first-order valence-electron chi connectivity index (χ1n) is 5.09. The molecule has 0 saturated heterocycles. The van der Waals surface area contributed by atoms with Gasteiger partial charge in [0.05, 0.1) is 5.92 Å². The quantitative estimate of drug-likeness (QED) is 0.739. The van der Waals surface area contributed by atoms with Crippen molar-refractivity contribution in [3.63, 3.8) is 0 Å². The van der Waals surface area contributed by atoms with Gasteiger partial charge in [-0.1, -0.05) is 19.9 Å². The number of allylic oxidation sites excluding steroid dienone is 2. The van der Waals surface area contributed by atoms with Gasteiger partial charge in [-0.05, 0) is 24.8 Å². The predicted octanol–water partition coefficient (Wildman–Crippen LogP) is 1.84. The van der Waals surface area contributed by atoms with Crippen LogP contribution in [0.1, 0.15) is 27.7 Å². The van der Waals surface area contributed by atoms with E-state index in [0.29, 0.717) is 0 Å². The van der Waals surface area contributed by atoms with Crippen LogP contribution in [-0.2, 0) is 14.9 Å². The molecule has 1 aliphatic rings. The molecule has 0 bridgehead atoms. The van der Waals surface area contributed by atoms with Crippen LogP contribution in [-0.4, -0.2) is 23.9 Å². The number of hydrogen-bond acceptors (Lipinski definition) is 4. The summed E-state index contributed by atoms with van der Waals surface area (Å²) in [6.45, 7) is 6.23. The SMILES string of the molecule is CC(=O)C1C(C)=C(O)C(S(=O)(=O)O)=CC1(C)C. The molecule has 0 aromatic rings. The minimum absolute atomic E-state index is 0.162. The van der Waals surface area contributed by atoms with Crippen molar-refractivity contribution in [1.82, 2.24) is 0 Å². The minimum atomic E-state index is -4.49. The maximum Gasteiger partial charge on any atom is 0.297 e. The second kappa shape index (κ2) is 3.96. The van der Waals surface area contributed by atoms with E-state index < -0.39 is 32.1 Å². The molecule has 0 spiro atoms. The topological polar surface area (TPSA) is 91.7 Å². The molecule has 0 amide bonds. The Balaban J connectivity index is 3.51. The molecule has 17 heavy (non-hydrogen) atoms. The second-order valence-electron chi connectivity index (χ2n) is 4.88. The van der Waals surface area contributed by atoms with Crippen LogP contribution in [0.3, 0.4) is 0 Å². The normalized spacial score (nSPS) is 24.5. The third-order valence-corrected chi connectivity index (χ3v) is 3.84. The van der Waals surface area contributed by atoms with Crippen molar-refractivity contribution in [2.45, 2.75) is 27.7 Å². The molecule has 6 heteroatoms. The van der Waals surface area contributed by atoms with Crippen LogP contribution in [0.2, 0.25) is 0 Å².